The number of aliphatic imine (C=N–C) groups is 1. The Bertz CT molecular complexity index is 1050. The van der Waals surface area contributed by atoms with Crippen LogP contribution in [0, 0.1) is 0 Å². The second-order valence-electron chi connectivity index (χ2n) is 10.6. The molecule has 0 spiro atoms. The minimum absolute atomic E-state index is 0.0227. The molecule has 1 aliphatic rings. The van der Waals surface area contributed by atoms with Gasteiger partial charge in [-0.1, -0.05) is 121 Å². The molecule has 2 aromatic rings. The maximum absolute atomic E-state index is 10.8. The van der Waals surface area contributed by atoms with Crippen molar-refractivity contribution in [3.63, 3.8) is 0 Å². The predicted molar refractivity (Wildman–Crippen MR) is 176 cm³/mol. The lowest BCUT2D eigenvalue weighted by Gasteiger charge is -2.17. The number of anilines is 2. The predicted octanol–water partition coefficient (Wildman–Crippen LogP) is 9.62. The van der Waals surface area contributed by atoms with E-state index >= 15 is 0 Å². The Morgan fingerprint density at radius 2 is 1.33 bits per heavy atom. The highest BCUT2D eigenvalue weighted by Crippen LogP contribution is 2.24. The van der Waals surface area contributed by atoms with Crippen LogP contribution in [0.2, 0.25) is 15.6 Å². The van der Waals surface area contributed by atoms with Crippen molar-refractivity contribution >= 4 is 58.2 Å². The lowest BCUT2D eigenvalue weighted by atomic mass is 10.0. The zero-order valence-electron chi connectivity index (χ0n) is 25.0. The first-order chi connectivity index (χ1) is 20.4. The Hall–Kier alpha value is -2.16. The third kappa shape index (κ3) is 16.5. The van der Waals surface area contributed by atoms with E-state index in [1.807, 2.05) is 17.0 Å². The van der Waals surface area contributed by atoms with Crippen molar-refractivity contribution in [3.05, 3.63) is 39.9 Å². The van der Waals surface area contributed by atoms with Crippen LogP contribution in [0.5, 0.6) is 0 Å². The molecule has 2 N–H and O–H groups in total. The maximum Gasteiger partial charge on any atom is 0.323 e. The summed E-state index contributed by atoms with van der Waals surface area (Å²) in [6.07, 6.45) is 21.5. The van der Waals surface area contributed by atoms with Crippen molar-refractivity contribution in [1.29, 1.82) is 0 Å². The van der Waals surface area contributed by atoms with E-state index in [1.54, 1.807) is 12.1 Å². The molecule has 0 saturated carbocycles. The van der Waals surface area contributed by atoms with Gasteiger partial charge >= 0.3 is 5.97 Å². The van der Waals surface area contributed by atoms with Crippen molar-refractivity contribution in [3.8, 4) is 0 Å². The van der Waals surface area contributed by atoms with Crippen molar-refractivity contribution in [2.24, 2.45) is 4.99 Å². The number of para-hydroxylation sites is 1. The van der Waals surface area contributed by atoms with Gasteiger partial charge in [0, 0.05) is 13.0 Å². The number of rotatable bonds is 20. The van der Waals surface area contributed by atoms with Gasteiger partial charge in [0.15, 0.2) is 0 Å². The molecule has 0 radical (unpaired) electrons. The van der Waals surface area contributed by atoms with Crippen LogP contribution >= 0.6 is 34.8 Å². The molecule has 2 heterocycles. The fraction of sp³-hybridized carbons (Fsp3) is 0.645. The van der Waals surface area contributed by atoms with Crippen molar-refractivity contribution < 1.29 is 9.90 Å². The van der Waals surface area contributed by atoms with Crippen LogP contribution < -0.4 is 5.32 Å². The molecular weight excluding hydrogens is 595 g/mol. The van der Waals surface area contributed by atoms with E-state index in [-0.39, 0.29) is 23.1 Å². The van der Waals surface area contributed by atoms with Gasteiger partial charge < -0.3 is 15.3 Å². The molecule has 0 aliphatic carbocycles. The molecule has 42 heavy (non-hydrogen) atoms. The van der Waals surface area contributed by atoms with Gasteiger partial charge in [-0.25, -0.2) is 0 Å². The third-order valence-electron chi connectivity index (χ3n) is 7.06. The molecule has 0 fully saturated rings. The van der Waals surface area contributed by atoms with E-state index < -0.39 is 5.97 Å². The highest BCUT2D eigenvalue weighted by molar-refractivity contribution is 6.33. The van der Waals surface area contributed by atoms with E-state index in [0.29, 0.717) is 10.7 Å². The van der Waals surface area contributed by atoms with Crippen molar-refractivity contribution in [2.45, 2.75) is 110 Å². The Kier molecular flexibility index (Phi) is 19.2. The maximum atomic E-state index is 10.8. The summed E-state index contributed by atoms with van der Waals surface area (Å²) in [5.74, 6) is 0.510. The Balaban J connectivity index is 0.000000327. The van der Waals surface area contributed by atoms with Gasteiger partial charge in [0.05, 0.1) is 23.1 Å². The molecule has 234 valence electrons. The summed E-state index contributed by atoms with van der Waals surface area (Å²) in [5.41, 5.74) is 0.669. The number of halogens is 3. The lowest BCUT2D eigenvalue weighted by molar-refractivity contribution is -0.137. The number of aliphatic carboxylic acids is 1. The fourth-order valence-electron chi connectivity index (χ4n) is 4.82. The zero-order chi connectivity index (χ0) is 30.4. The van der Waals surface area contributed by atoms with Crippen LogP contribution in [0.4, 0.5) is 11.6 Å². The molecule has 1 aliphatic heterocycles. The Morgan fingerprint density at radius 3 is 1.86 bits per heavy atom. The third-order valence-corrected chi connectivity index (χ3v) is 7.73. The highest BCUT2D eigenvalue weighted by Gasteiger charge is 2.18. The van der Waals surface area contributed by atoms with Gasteiger partial charge in [-0.05, 0) is 41.8 Å². The highest BCUT2D eigenvalue weighted by atomic mass is 35.5. The van der Waals surface area contributed by atoms with Crippen LogP contribution in [-0.2, 0) is 4.79 Å². The summed E-state index contributed by atoms with van der Waals surface area (Å²) in [4.78, 5) is 28.5. The molecule has 1 aromatic carbocycles. The van der Waals surface area contributed by atoms with E-state index in [9.17, 15) is 4.79 Å². The summed E-state index contributed by atoms with van der Waals surface area (Å²) in [5, 5.41) is 12.4. The summed E-state index contributed by atoms with van der Waals surface area (Å²) >= 11 is 17.2. The minimum Gasteiger partial charge on any atom is -0.480 e. The minimum atomic E-state index is -0.754. The molecule has 11 heteroatoms. The molecule has 0 amide bonds. The summed E-state index contributed by atoms with van der Waals surface area (Å²) < 4.78 is 0. The molecule has 0 bridgehead atoms. The number of nitrogens with one attached hydrogen (secondary N) is 1. The molecule has 0 saturated heterocycles. The van der Waals surface area contributed by atoms with Gasteiger partial charge in [-0.2, -0.15) is 15.0 Å². The standard InChI is InChI=1S/C22H42N2O2.C9H5Cl3N4/c1-2-3-4-5-6-7-8-9-10-11-12-13-14-15-16-17-21-23-18-19-24(21)20-22(25)26;10-5-3-1-2-4-6(5)13-9-15-7(11)14-8(12)16-9/h2-20H2,1H3,(H,25,26);1-4H,(H,13,14,15,16). The quantitative estimate of drug-likeness (QED) is 0.139. The molecule has 1 aromatic heterocycles. The molecule has 8 nitrogen and oxygen atoms in total. The van der Waals surface area contributed by atoms with Gasteiger partial charge in [-0.3, -0.25) is 9.79 Å². The smallest absolute Gasteiger partial charge is 0.323 e. The summed E-state index contributed by atoms with van der Waals surface area (Å²) in [7, 11) is 0. The van der Waals surface area contributed by atoms with E-state index in [2.05, 4.69) is 32.2 Å². The van der Waals surface area contributed by atoms with Crippen molar-refractivity contribution in [1.82, 2.24) is 19.9 Å². The molecule has 0 unspecified atom stereocenters. The number of carboxylic acids is 1. The number of hydrogen-bond donors (Lipinski definition) is 2. The number of benzene rings is 1. The van der Waals surface area contributed by atoms with Crippen LogP contribution in [-0.4, -0.2) is 56.4 Å². The van der Waals surface area contributed by atoms with Crippen molar-refractivity contribution in [2.75, 3.05) is 25.0 Å². The van der Waals surface area contributed by atoms with Crippen LogP contribution in [0.3, 0.4) is 0 Å². The van der Waals surface area contributed by atoms with E-state index in [4.69, 9.17) is 39.9 Å². The number of carbonyl (C=O) groups is 1. The first kappa shape index (κ1) is 36.0. The van der Waals surface area contributed by atoms with Crippen LogP contribution in [0.15, 0.2) is 29.3 Å². The van der Waals surface area contributed by atoms with Gasteiger partial charge in [0.25, 0.3) is 0 Å². The number of carboxylic acid groups (broad SMARTS) is 1. The number of aromatic nitrogens is 3. The average Bonchev–Trinajstić information content (AvgIpc) is 3.38. The first-order valence-corrected chi connectivity index (χ1v) is 16.6. The Morgan fingerprint density at radius 1 is 0.810 bits per heavy atom. The fourth-order valence-corrected chi connectivity index (χ4v) is 5.37. The SMILES string of the molecule is CCCCCCCCCCCCCCCCCC1=NCCN1CC(=O)O.Clc1nc(Cl)nc(Nc2ccccc2Cl)n1. The number of amidine groups is 1. The number of hydrogen-bond acceptors (Lipinski definition) is 7. The van der Waals surface area contributed by atoms with Gasteiger partial charge in [-0.15, -0.1) is 0 Å². The zero-order valence-corrected chi connectivity index (χ0v) is 27.2. The normalized spacial score (nSPS) is 12.6. The van der Waals surface area contributed by atoms with E-state index in [0.717, 1.165) is 31.8 Å². The second kappa shape index (κ2) is 22.4. The summed E-state index contributed by atoms with van der Waals surface area (Å²) in [6, 6.07) is 7.18. The van der Waals surface area contributed by atoms with Gasteiger partial charge in [0.2, 0.25) is 16.5 Å². The van der Waals surface area contributed by atoms with E-state index in [1.165, 1.54) is 89.9 Å². The second-order valence-corrected chi connectivity index (χ2v) is 11.7. The van der Waals surface area contributed by atoms with Crippen LogP contribution in [0.25, 0.3) is 0 Å². The molecular formula is C31H47Cl3N6O2. The molecule has 3 rings (SSSR count). The lowest BCUT2D eigenvalue weighted by Crippen LogP contribution is -2.32. The van der Waals surface area contributed by atoms with Crippen LogP contribution in [0.1, 0.15) is 110 Å². The monoisotopic (exact) mass is 640 g/mol. The largest absolute Gasteiger partial charge is 0.480 e. The molecule has 0 atom stereocenters. The summed E-state index contributed by atoms with van der Waals surface area (Å²) in [6.45, 7) is 3.93. The number of nitrogens with zero attached hydrogens (tertiary/aromatic N) is 5. The topological polar surface area (TPSA) is 104 Å². The number of unbranched alkanes of at least 4 members (excludes halogenated alkanes) is 14. The Labute approximate surface area is 266 Å². The van der Waals surface area contributed by atoms with Gasteiger partial charge in [0.1, 0.15) is 6.54 Å². The average molecular weight is 642 g/mol. The first-order valence-electron chi connectivity index (χ1n) is 15.5.